The predicted octanol–water partition coefficient (Wildman–Crippen LogP) is 4.35. The number of benzene rings is 2. The Morgan fingerprint density at radius 3 is 2.33 bits per heavy atom. The molecule has 2 aromatic carbocycles. The summed E-state index contributed by atoms with van der Waals surface area (Å²) >= 11 is 0. The number of carbonyl (C=O) groups excluding carboxylic acids is 2. The molecule has 1 amide bonds. The summed E-state index contributed by atoms with van der Waals surface area (Å²) in [7, 11) is 3.13. The van der Waals surface area contributed by atoms with Gasteiger partial charge >= 0.3 is 0 Å². The van der Waals surface area contributed by atoms with Gasteiger partial charge in [-0.15, -0.1) is 0 Å². The molecule has 0 bridgehead atoms. The van der Waals surface area contributed by atoms with Crippen LogP contribution in [0.4, 0.5) is 0 Å². The van der Waals surface area contributed by atoms with E-state index in [1.165, 1.54) is 4.90 Å². The first-order chi connectivity index (χ1) is 13.0. The molecule has 0 saturated carbocycles. The van der Waals surface area contributed by atoms with Gasteiger partial charge in [0.05, 0.1) is 16.5 Å². The molecule has 0 aliphatic heterocycles. The van der Waals surface area contributed by atoms with E-state index in [-0.39, 0.29) is 0 Å². The maximum absolute atomic E-state index is 12.5. The van der Waals surface area contributed by atoms with Crippen molar-refractivity contribution in [2.45, 2.75) is 27.4 Å². The van der Waals surface area contributed by atoms with Crippen molar-refractivity contribution in [1.82, 2.24) is 9.88 Å². The van der Waals surface area contributed by atoms with Gasteiger partial charge in [-0.2, -0.15) is 0 Å². The quantitative estimate of drug-likeness (QED) is 0.539. The van der Waals surface area contributed by atoms with Crippen LogP contribution in [0.15, 0.2) is 48.7 Å². The van der Waals surface area contributed by atoms with Gasteiger partial charge in [0.2, 0.25) is 0 Å². The van der Waals surface area contributed by atoms with Gasteiger partial charge in [0, 0.05) is 20.3 Å². The van der Waals surface area contributed by atoms with Crippen molar-refractivity contribution in [1.29, 1.82) is 0 Å². The van der Waals surface area contributed by atoms with Crippen LogP contribution >= 0.6 is 0 Å². The lowest BCUT2D eigenvalue weighted by Gasteiger charge is -2.11. The molecular formula is C22H26N2O3. The highest BCUT2D eigenvalue weighted by molar-refractivity contribution is 6.45. The maximum Gasteiger partial charge on any atom is 0.294 e. The normalized spacial score (nSPS) is 10.1. The lowest BCUT2D eigenvalue weighted by molar-refractivity contribution is -0.124. The molecule has 1 aromatic heterocycles. The summed E-state index contributed by atoms with van der Waals surface area (Å²) in [6.45, 7) is 6.33. The summed E-state index contributed by atoms with van der Waals surface area (Å²) in [5.74, 6) is -0.525. The molecule has 5 heteroatoms. The van der Waals surface area contributed by atoms with Crippen LogP contribution in [0.2, 0.25) is 0 Å². The van der Waals surface area contributed by atoms with Crippen LogP contribution < -0.4 is 4.74 Å². The Bertz CT molecular complexity index is 927. The monoisotopic (exact) mass is 366 g/mol. The Hall–Kier alpha value is -3.08. The van der Waals surface area contributed by atoms with Gasteiger partial charge < -0.3 is 14.6 Å². The van der Waals surface area contributed by atoms with Gasteiger partial charge in [0.15, 0.2) is 0 Å². The molecule has 1 heterocycles. The number of hydrogen-bond acceptors (Lipinski definition) is 3. The van der Waals surface area contributed by atoms with Crippen molar-refractivity contribution in [3.8, 4) is 5.75 Å². The SMILES string of the molecule is CC.Cc1ccc(OCc2ccccc2)c2c(C(=O)C(=O)N(C)C)c[nH]c12. The van der Waals surface area contributed by atoms with E-state index in [0.717, 1.165) is 16.6 Å². The van der Waals surface area contributed by atoms with Crippen molar-refractivity contribution in [3.63, 3.8) is 0 Å². The minimum atomic E-state index is -0.559. The van der Waals surface area contributed by atoms with Crippen molar-refractivity contribution in [2.75, 3.05) is 14.1 Å². The lowest BCUT2D eigenvalue weighted by atomic mass is 10.0. The molecule has 5 nitrogen and oxygen atoms in total. The number of nitrogens with one attached hydrogen (secondary N) is 1. The average Bonchev–Trinajstić information content (AvgIpc) is 3.15. The summed E-state index contributed by atoms with van der Waals surface area (Å²) < 4.78 is 5.95. The minimum absolute atomic E-state index is 0.334. The van der Waals surface area contributed by atoms with Gasteiger partial charge in [-0.05, 0) is 24.1 Å². The molecule has 0 aliphatic rings. The van der Waals surface area contributed by atoms with Gasteiger partial charge in [-0.3, -0.25) is 9.59 Å². The summed E-state index contributed by atoms with van der Waals surface area (Å²) in [6, 6.07) is 13.6. The van der Waals surface area contributed by atoms with Crippen molar-refractivity contribution in [2.24, 2.45) is 0 Å². The second-order valence-electron chi connectivity index (χ2n) is 6.14. The van der Waals surface area contributed by atoms with E-state index in [0.29, 0.717) is 23.3 Å². The molecule has 0 unspecified atom stereocenters. The molecule has 0 radical (unpaired) electrons. The fourth-order valence-electron chi connectivity index (χ4n) is 2.71. The summed E-state index contributed by atoms with van der Waals surface area (Å²) in [4.78, 5) is 29.0. The molecule has 27 heavy (non-hydrogen) atoms. The van der Waals surface area contributed by atoms with E-state index in [1.54, 1.807) is 20.3 Å². The predicted molar refractivity (Wildman–Crippen MR) is 108 cm³/mol. The number of H-pyrrole nitrogens is 1. The number of aryl methyl sites for hydroxylation is 1. The van der Waals surface area contributed by atoms with Crippen LogP contribution in [0, 0.1) is 6.92 Å². The second-order valence-corrected chi connectivity index (χ2v) is 6.14. The summed E-state index contributed by atoms with van der Waals surface area (Å²) in [5.41, 5.74) is 3.16. The molecular weight excluding hydrogens is 340 g/mol. The van der Waals surface area contributed by atoms with Gasteiger partial charge in [0.1, 0.15) is 12.4 Å². The van der Waals surface area contributed by atoms with E-state index in [1.807, 2.05) is 63.2 Å². The number of amides is 1. The molecule has 1 N–H and O–H groups in total. The van der Waals surface area contributed by atoms with Crippen LogP contribution in [-0.2, 0) is 11.4 Å². The fraction of sp³-hybridized carbons (Fsp3) is 0.273. The highest BCUT2D eigenvalue weighted by Gasteiger charge is 2.24. The number of Topliss-reactive ketones (excluding diaryl/α,β-unsaturated/α-hetero) is 1. The van der Waals surface area contributed by atoms with Crippen LogP contribution in [-0.4, -0.2) is 35.7 Å². The zero-order chi connectivity index (χ0) is 20.0. The number of fused-ring (bicyclic) bond motifs is 1. The van der Waals surface area contributed by atoms with Crippen molar-refractivity contribution < 1.29 is 14.3 Å². The number of nitrogens with zero attached hydrogens (tertiary/aromatic N) is 1. The Kier molecular flexibility index (Phi) is 6.77. The highest BCUT2D eigenvalue weighted by atomic mass is 16.5. The summed E-state index contributed by atoms with van der Waals surface area (Å²) in [6.07, 6.45) is 1.58. The lowest BCUT2D eigenvalue weighted by Crippen LogP contribution is -2.29. The molecule has 0 fully saturated rings. The summed E-state index contributed by atoms with van der Waals surface area (Å²) in [5, 5.41) is 0.649. The van der Waals surface area contributed by atoms with E-state index < -0.39 is 11.7 Å². The van der Waals surface area contributed by atoms with E-state index in [2.05, 4.69) is 4.98 Å². The first kappa shape index (κ1) is 20.2. The van der Waals surface area contributed by atoms with E-state index in [4.69, 9.17) is 4.74 Å². The number of hydrogen-bond donors (Lipinski definition) is 1. The molecule has 0 atom stereocenters. The number of ether oxygens (including phenoxy) is 1. The average molecular weight is 366 g/mol. The zero-order valence-electron chi connectivity index (χ0n) is 16.5. The van der Waals surface area contributed by atoms with Crippen molar-refractivity contribution >= 4 is 22.6 Å². The topological polar surface area (TPSA) is 62.4 Å². The molecule has 3 aromatic rings. The number of aromatic nitrogens is 1. The number of ketones is 1. The number of rotatable bonds is 5. The molecule has 142 valence electrons. The van der Waals surface area contributed by atoms with Gasteiger partial charge in [-0.1, -0.05) is 50.2 Å². The zero-order valence-corrected chi connectivity index (χ0v) is 16.5. The maximum atomic E-state index is 12.5. The highest BCUT2D eigenvalue weighted by Crippen LogP contribution is 2.32. The largest absolute Gasteiger partial charge is 0.488 e. The van der Waals surface area contributed by atoms with E-state index >= 15 is 0 Å². The minimum Gasteiger partial charge on any atom is -0.488 e. The van der Waals surface area contributed by atoms with Crippen LogP contribution in [0.25, 0.3) is 10.9 Å². The Balaban J connectivity index is 0.00000126. The third-order valence-electron chi connectivity index (χ3n) is 4.09. The Labute approximate surface area is 160 Å². The fourth-order valence-corrected chi connectivity index (χ4v) is 2.71. The Morgan fingerprint density at radius 2 is 1.70 bits per heavy atom. The van der Waals surface area contributed by atoms with Crippen molar-refractivity contribution in [3.05, 3.63) is 65.4 Å². The van der Waals surface area contributed by atoms with Gasteiger partial charge in [0.25, 0.3) is 11.7 Å². The third kappa shape index (κ3) is 4.37. The van der Waals surface area contributed by atoms with Crippen LogP contribution in [0.5, 0.6) is 5.75 Å². The third-order valence-corrected chi connectivity index (χ3v) is 4.09. The first-order valence-electron chi connectivity index (χ1n) is 9.02. The number of aromatic amines is 1. The number of likely N-dealkylation sites (N-methyl/N-ethyl adjacent to an activating group) is 1. The van der Waals surface area contributed by atoms with Crippen LogP contribution in [0.1, 0.15) is 35.3 Å². The van der Waals surface area contributed by atoms with E-state index in [9.17, 15) is 9.59 Å². The second kappa shape index (κ2) is 9.03. The molecule has 0 saturated heterocycles. The molecule has 0 aliphatic carbocycles. The van der Waals surface area contributed by atoms with Gasteiger partial charge in [-0.25, -0.2) is 0 Å². The smallest absolute Gasteiger partial charge is 0.294 e. The molecule has 0 spiro atoms. The first-order valence-corrected chi connectivity index (χ1v) is 9.02. The number of carbonyl (C=O) groups is 2. The standard InChI is InChI=1S/C20H20N2O3.C2H6/c1-13-9-10-16(25-12-14-7-5-4-6-8-14)17-15(11-21-18(13)17)19(23)20(24)22(2)3;1-2/h4-11,21H,12H2,1-3H3;1-2H3. The van der Waals surface area contributed by atoms with Crippen LogP contribution in [0.3, 0.4) is 0 Å². The Morgan fingerprint density at radius 1 is 1.04 bits per heavy atom. The molecule has 3 rings (SSSR count).